The van der Waals surface area contributed by atoms with Gasteiger partial charge in [-0.15, -0.1) is 12.4 Å². The Morgan fingerprint density at radius 2 is 1.96 bits per heavy atom. The summed E-state index contributed by atoms with van der Waals surface area (Å²) in [5, 5.41) is 6.03. The Morgan fingerprint density at radius 1 is 1.23 bits per heavy atom. The number of piperidine rings is 1. The molecule has 1 aromatic carbocycles. The van der Waals surface area contributed by atoms with E-state index in [2.05, 4.69) is 10.6 Å². The Bertz CT molecular complexity index is 643. The molecule has 1 unspecified atom stereocenters. The van der Waals surface area contributed by atoms with Crippen LogP contribution in [0.4, 0.5) is 0 Å². The number of hydrogen-bond donors (Lipinski definition) is 2. The highest BCUT2D eigenvalue weighted by Crippen LogP contribution is 2.23. The van der Waals surface area contributed by atoms with Crippen molar-refractivity contribution in [2.75, 3.05) is 46.4 Å². The first-order valence-electron chi connectivity index (χ1n) is 8.58. The Labute approximate surface area is 161 Å². The van der Waals surface area contributed by atoms with Crippen molar-refractivity contribution in [3.8, 4) is 0 Å². The molecule has 1 aliphatic heterocycles. The highest BCUT2D eigenvalue weighted by Gasteiger charge is 2.33. The van der Waals surface area contributed by atoms with Crippen molar-refractivity contribution in [1.29, 1.82) is 0 Å². The predicted molar refractivity (Wildman–Crippen MR) is 103 cm³/mol. The molecule has 1 amide bonds. The minimum atomic E-state index is -3.54. The molecule has 1 aliphatic rings. The number of carbonyl (C=O) groups is 1. The molecule has 0 aliphatic carbocycles. The van der Waals surface area contributed by atoms with E-state index in [0.29, 0.717) is 39.1 Å². The normalized spacial score (nSPS) is 18.1. The summed E-state index contributed by atoms with van der Waals surface area (Å²) in [6.07, 6.45) is 1.40. The second-order valence-electron chi connectivity index (χ2n) is 6.05. The summed E-state index contributed by atoms with van der Waals surface area (Å²) in [6.45, 7) is 3.24. The number of ether oxygens (including phenoxy) is 1. The fourth-order valence-electron chi connectivity index (χ4n) is 2.83. The summed E-state index contributed by atoms with van der Waals surface area (Å²) < 4.78 is 31.7. The van der Waals surface area contributed by atoms with Crippen molar-refractivity contribution < 1.29 is 17.9 Å². The number of carbonyl (C=O) groups excluding carboxylic acids is 1. The van der Waals surface area contributed by atoms with Crippen LogP contribution in [0.5, 0.6) is 0 Å². The zero-order valence-electron chi connectivity index (χ0n) is 15.0. The van der Waals surface area contributed by atoms with Gasteiger partial charge in [0.1, 0.15) is 0 Å². The number of hydrogen-bond acceptors (Lipinski definition) is 5. The van der Waals surface area contributed by atoms with Crippen molar-refractivity contribution in [2.24, 2.45) is 5.92 Å². The van der Waals surface area contributed by atoms with Gasteiger partial charge in [-0.2, -0.15) is 4.31 Å². The lowest BCUT2D eigenvalue weighted by molar-refractivity contribution is -0.126. The second-order valence-corrected chi connectivity index (χ2v) is 7.99. The van der Waals surface area contributed by atoms with Crippen molar-refractivity contribution >= 4 is 28.3 Å². The lowest BCUT2D eigenvalue weighted by Crippen LogP contribution is -2.46. The van der Waals surface area contributed by atoms with E-state index in [1.54, 1.807) is 37.4 Å². The molecule has 0 aromatic heterocycles. The van der Waals surface area contributed by atoms with Gasteiger partial charge in [0, 0.05) is 39.8 Å². The Hall–Kier alpha value is -1.19. The fourth-order valence-corrected chi connectivity index (χ4v) is 4.38. The lowest BCUT2D eigenvalue weighted by Gasteiger charge is -2.31. The third-order valence-corrected chi connectivity index (χ3v) is 6.10. The van der Waals surface area contributed by atoms with Crippen molar-refractivity contribution in [1.82, 2.24) is 14.9 Å². The van der Waals surface area contributed by atoms with Crippen LogP contribution in [0, 0.1) is 5.92 Å². The molecule has 2 N–H and O–H groups in total. The number of halogens is 1. The van der Waals surface area contributed by atoms with E-state index in [9.17, 15) is 13.2 Å². The monoisotopic (exact) mass is 405 g/mol. The third kappa shape index (κ3) is 6.51. The van der Waals surface area contributed by atoms with E-state index >= 15 is 0 Å². The van der Waals surface area contributed by atoms with Gasteiger partial charge in [-0.3, -0.25) is 4.79 Å². The molecule has 1 heterocycles. The Morgan fingerprint density at radius 3 is 2.65 bits per heavy atom. The summed E-state index contributed by atoms with van der Waals surface area (Å²) in [5.41, 5.74) is 0. The van der Waals surface area contributed by atoms with Crippen LogP contribution < -0.4 is 10.6 Å². The molecular weight excluding hydrogens is 378 g/mol. The van der Waals surface area contributed by atoms with Gasteiger partial charge in [-0.05, 0) is 25.0 Å². The number of rotatable bonds is 9. The largest absolute Gasteiger partial charge is 0.383 e. The lowest BCUT2D eigenvalue weighted by atomic mass is 9.99. The van der Waals surface area contributed by atoms with Crippen LogP contribution in [0.1, 0.15) is 12.8 Å². The maximum absolute atomic E-state index is 12.7. The van der Waals surface area contributed by atoms with Gasteiger partial charge in [0.25, 0.3) is 0 Å². The molecule has 9 heteroatoms. The molecule has 0 spiro atoms. The smallest absolute Gasteiger partial charge is 0.243 e. The van der Waals surface area contributed by atoms with Crippen LogP contribution in [0.3, 0.4) is 0 Å². The van der Waals surface area contributed by atoms with Crippen molar-refractivity contribution in [3.63, 3.8) is 0 Å². The average molecular weight is 406 g/mol. The quantitative estimate of drug-likeness (QED) is 0.595. The number of amides is 1. The molecule has 0 bridgehead atoms. The zero-order valence-corrected chi connectivity index (χ0v) is 16.7. The fraction of sp³-hybridized carbons (Fsp3) is 0.588. The standard InChI is InChI=1S/C17H27N3O4S.ClH/c1-24-13-11-18-9-10-19-17(21)15-6-5-12-20(14-15)25(22,23)16-7-3-2-4-8-16;/h2-4,7-8,15,18H,5-6,9-14H2,1H3,(H,19,21);1H. The first kappa shape index (κ1) is 22.9. The van der Waals surface area contributed by atoms with Gasteiger partial charge in [0.15, 0.2) is 0 Å². The van der Waals surface area contributed by atoms with E-state index in [1.165, 1.54) is 4.31 Å². The maximum Gasteiger partial charge on any atom is 0.243 e. The summed E-state index contributed by atoms with van der Waals surface area (Å²) in [4.78, 5) is 12.6. The molecule has 1 fully saturated rings. The Kier molecular flexibility index (Phi) is 10.1. The van der Waals surface area contributed by atoms with Gasteiger partial charge in [0.2, 0.25) is 15.9 Å². The summed E-state index contributed by atoms with van der Waals surface area (Å²) in [5.74, 6) is -0.382. The minimum absolute atomic E-state index is 0. The van der Waals surface area contributed by atoms with Crippen molar-refractivity contribution in [2.45, 2.75) is 17.7 Å². The minimum Gasteiger partial charge on any atom is -0.383 e. The molecule has 1 atom stereocenters. The van der Waals surface area contributed by atoms with E-state index in [0.717, 1.165) is 6.54 Å². The molecule has 26 heavy (non-hydrogen) atoms. The van der Waals surface area contributed by atoms with E-state index < -0.39 is 10.0 Å². The highest BCUT2D eigenvalue weighted by molar-refractivity contribution is 7.89. The van der Waals surface area contributed by atoms with E-state index in [4.69, 9.17) is 4.74 Å². The topological polar surface area (TPSA) is 87.7 Å². The van der Waals surface area contributed by atoms with E-state index in [-0.39, 0.29) is 35.7 Å². The maximum atomic E-state index is 12.7. The van der Waals surface area contributed by atoms with Gasteiger partial charge in [0.05, 0.1) is 17.4 Å². The molecule has 7 nitrogen and oxygen atoms in total. The van der Waals surface area contributed by atoms with E-state index in [1.807, 2.05) is 0 Å². The first-order chi connectivity index (χ1) is 12.1. The SMILES string of the molecule is COCCNCCNC(=O)C1CCCN(S(=O)(=O)c2ccccc2)C1.Cl. The highest BCUT2D eigenvalue weighted by atomic mass is 35.5. The van der Waals surface area contributed by atoms with Gasteiger partial charge in [-0.1, -0.05) is 18.2 Å². The first-order valence-corrected chi connectivity index (χ1v) is 10.0. The van der Waals surface area contributed by atoms with Crippen LogP contribution in [0.15, 0.2) is 35.2 Å². The van der Waals surface area contributed by atoms with Gasteiger partial charge in [-0.25, -0.2) is 8.42 Å². The van der Waals surface area contributed by atoms with Crippen LogP contribution in [0.2, 0.25) is 0 Å². The zero-order chi connectivity index (χ0) is 18.1. The molecule has 148 valence electrons. The second kappa shape index (κ2) is 11.5. The van der Waals surface area contributed by atoms with Crippen LogP contribution in [0.25, 0.3) is 0 Å². The number of nitrogens with zero attached hydrogens (tertiary/aromatic N) is 1. The summed E-state index contributed by atoms with van der Waals surface area (Å²) in [6, 6.07) is 8.37. The molecule has 0 saturated carbocycles. The molecule has 1 aromatic rings. The van der Waals surface area contributed by atoms with Crippen LogP contribution in [-0.2, 0) is 19.6 Å². The molecule has 1 saturated heterocycles. The molecule has 0 radical (unpaired) electrons. The molecular formula is C17H28ClN3O4S. The van der Waals surface area contributed by atoms with Gasteiger partial charge >= 0.3 is 0 Å². The summed E-state index contributed by atoms with van der Waals surface area (Å²) >= 11 is 0. The average Bonchev–Trinajstić information content (AvgIpc) is 2.65. The number of methoxy groups -OCH3 is 1. The van der Waals surface area contributed by atoms with Gasteiger partial charge < -0.3 is 15.4 Å². The molecule has 2 rings (SSSR count). The van der Waals surface area contributed by atoms with Crippen molar-refractivity contribution in [3.05, 3.63) is 30.3 Å². The van der Waals surface area contributed by atoms with Crippen LogP contribution in [-0.4, -0.2) is 65.1 Å². The Balaban J connectivity index is 0.00000338. The predicted octanol–water partition coefficient (Wildman–Crippen LogP) is 0.861. The third-order valence-electron chi connectivity index (χ3n) is 4.22. The van der Waals surface area contributed by atoms with Crippen LogP contribution >= 0.6 is 12.4 Å². The summed E-state index contributed by atoms with van der Waals surface area (Å²) in [7, 11) is -1.90. The number of sulfonamides is 1. The number of benzene rings is 1. The number of nitrogens with one attached hydrogen (secondary N) is 2.